The van der Waals surface area contributed by atoms with Crippen molar-refractivity contribution in [2.45, 2.75) is 12.1 Å². The highest BCUT2D eigenvalue weighted by molar-refractivity contribution is 5.85. The molecule has 0 aromatic heterocycles. The van der Waals surface area contributed by atoms with Crippen LogP contribution in [0.15, 0.2) is 24.3 Å². The van der Waals surface area contributed by atoms with Crippen molar-refractivity contribution in [3.8, 4) is 6.07 Å². The Morgan fingerprint density at radius 3 is 2.06 bits per heavy atom. The molecule has 0 spiro atoms. The molecule has 0 saturated carbocycles. The van der Waals surface area contributed by atoms with E-state index in [0.29, 0.717) is 5.56 Å². The molecule has 0 aliphatic carbocycles. The number of halogens is 4. The molecule has 0 bridgehead atoms. The minimum Gasteiger partial charge on any atom is -0.330 e. The van der Waals surface area contributed by atoms with Gasteiger partial charge in [0.2, 0.25) is 0 Å². The van der Waals surface area contributed by atoms with E-state index in [1.807, 2.05) is 6.07 Å². The largest absolute Gasteiger partial charge is 0.396 e. The van der Waals surface area contributed by atoms with Gasteiger partial charge in [-0.3, -0.25) is 0 Å². The Labute approximate surface area is 97.3 Å². The molecular formula is C10H10ClF3N2. The van der Waals surface area contributed by atoms with Gasteiger partial charge < -0.3 is 5.73 Å². The molecule has 1 aromatic carbocycles. The molecule has 16 heavy (non-hydrogen) atoms. The van der Waals surface area contributed by atoms with Gasteiger partial charge in [-0.2, -0.15) is 18.4 Å². The molecule has 0 saturated heterocycles. The van der Waals surface area contributed by atoms with E-state index in [1.54, 1.807) is 0 Å². The van der Waals surface area contributed by atoms with Crippen molar-refractivity contribution in [3.05, 3.63) is 35.4 Å². The van der Waals surface area contributed by atoms with Crippen LogP contribution < -0.4 is 5.73 Å². The first-order valence-corrected chi connectivity index (χ1v) is 4.26. The fraction of sp³-hybridized carbons (Fsp3) is 0.300. The summed E-state index contributed by atoms with van der Waals surface area (Å²) in [7, 11) is 0. The van der Waals surface area contributed by atoms with E-state index in [2.05, 4.69) is 0 Å². The number of alkyl halides is 3. The molecule has 0 heterocycles. The molecule has 1 aromatic rings. The average molecular weight is 251 g/mol. The molecule has 1 atom stereocenters. The van der Waals surface area contributed by atoms with E-state index in [0.717, 1.165) is 0 Å². The number of benzene rings is 1. The lowest BCUT2D eigenvalue weighted by Crippen LogP contribution is -2.27. The first-order valence-electron chi connectivity index (χ1n) is 4.26. The first kappa shape index (κ1) is 14.8. The normalized spacial score (nSPS) is 12.4. The summed E-state index contributed by atoms with van der Waals surface area (Å²) in [6.45, 7) is -0.491. The van der Waals surface area contributed by atoms with Crippen LogP contribution >= 0.6 is 12.4 Å². The van der Waals surface area contributed by atoms with Crippen LogP contribution in [0, 0.1) is 11.3 Å². The van der Waals surface area contributed by atoms with Crippen molar-refractivity contribution in [1.82, 2.24) is 0 Å². The number of rotatable bonds is 2. The summed E-state index contributed by atoms with van der Waals surface area (Å²) in [5, 5.41) is 8.49. The van der Waals surface area contributed by atoms with Crippen molar-refractivity contribution < 1.29 is 13.2 Å². The van der Waals surface area contributed by atoms with E-state index >= 15 is 0 Å². The second-order valence-corrected chi connectivity index (χ2v) is 3.06. The van der Waals surface area contributed by atoms with Crippen LogP contribution in [0.25, 0.3) is 0 Å². The molecule has 0 radical (unpaired) electrons. The summed E-state index contributed by atoms with van der Waals surface area (Å²) in [5.41, 5.74) is 5.49. The van der Waals surface area contributed by atoms with E-state index in [4.69, 9.17) is 11.0 Å². The van der Waals surface area contributed by atoms with Crippen LogP contribution in [0.4, 0.5) is 13.2 Å². The quantitative estimate of drug-likeness (QED) is 0.877. The molecule has 0 fully saturated rings. The Morgan fingerprint density at radius 1 is 1.25 bits per heavy atom. The number of hydrogen-bond donors (Lipinski definition) is 1. The molecule has 0 amide bonds. The molecule has 1 rings (SSSR count). The van der Waals surface area contributed by atoms with E-state index in [9.17, 15) is 13.2 Å². The van der Waals surface area contributed by atoms with Crippen molar-refractivity contribution in [2.75, 3.05) is 6.54 Å². The minimum atomic E-state index is -4.34. The SMILES string of the molecule is Cl.N#Cc1ccc(C(CN)C(F)(F)F)cc1. The fourth-order valence-electron chi connectivity index (χ4n) is 1.25. The van der Waals surface area contributed by atoms with E-state index in [1.165, 1.54) is 24.3 Å². The maximum absolute atomic E-state index is 12.4. The van der Waals surface area contributed by atoms with Crippen LogP contribution in [-0.4, -0.2) is 12.7 Å². The Bertz CT molecular complexity index is 367. The highest BCUT2D eigenvalue weighted by Crippen LogP contribution is 2.33. The molecule has 88 valence electrons. The fourth-order valence-corrected chi connectivity index (χ4v) is 1.25. The highest BCUT2D eigenvalue weighted by Gasteiger charge is 2.39. The average Bonchev–Trinajstić information content (AvgIpc) is 2.18. The Balaban J connectivity index is 0.00000225. The maximum Gasteiger partial charge on any atom is 0.396 e. The minimum absolute atomic E-state index is 0. The van der Waals surface area contributed by atoms with E-state index < -0.39 is 18.6 Å². The van der Waals surface area contributed by atoms with Crippen LogP contribution in [-0.2, 0) is 0 Å². The van der Waals surface area contributed by atoms with Crippen molar-refractivity contribution >= 4 is 12.4 Å². The monoisotopic (exact) mass is 250 g/mol. The molecule has 2 N–H and O–H groups in total. The molecule has 0 aliphatic heterocycles. The number of nitriles is 1. The summed E-state index contributed by atoms with van der Waals surface area (Å²) >= 11 is 0. The van der Waals surface area contributed by atoms with Gasteiger partial charge in [0.1, 0.15) is 0 Å². The van der Waals surface area contributed by atoms with Gasteiger partial charge >= 0.3 is 6.18 Å². The Kier molecular flexibility index (Phi) is 5.28. The third-order valence-electron chi connectivity index (χ3n) is 2.07. The summed E-state index contributed by atoms with van der Waals surface area (Å²) in [6.07, 6.45) is -4.34. The Morgan fingerprint density at radius 2 is 1.75 bits per heavy atom. The standard InChI is InChI=1S/C10H9F3N2.ClH/c11-10(12,13)9(6-15)8-3-1-7(5-14)2-4-8;/h1-4,9H,6,15H2;1H. The second kappa shape index (κ2) is 5.73. The van der Waals surface area contributed by atoms with E-state index in [-0.39, 0.29) is 18.0 Å². The van der Waals surface area contributed by atoms with Gasteiger partial charge in [-0.1, -0.05) is 12.1 Å². The van der Waals surface area contributed by atoms with Gasteiger partial charge in [0.05, 0.1) is 17.6 Å². The lowest BCUT2D eigenvalue weighted by molar-refractivity contribution is -0.148. The molecular weight excluding hydrogens is 241 g/mol. The van der Waals surface area contributed by atoms with Crippen LogP contribution in [0.2, 0.25) is 0 Å². The summed E-state index contributed by atoms with van der Waals surface area (Å²) in [5.74, 6) is -1.66. The molecule has 6 heteroatoms. The topological polar surface area (TPSA) is 49.8 Å². The lowest BCUT2D eigenvalue weighted by atomic mass is 9.98. The zero-order chi connectivity index (χ0) is 11.5. The van der Waals surface area contributed by atoms with Crippen molar-refractivity contribution in [1.29, 1.82) is 5.26 Å². The number of nitrogens with zero attached hydrogens (tertiary/aromatic N) is 1. The third kappa shape index (κ3) is 3.40. The summed E-state index contributed by atoms with van der Waals surface area (Å²) in [4.78, 5) is 0. The molecule has 1 unspecified atom stereocenters. The van der Waals surface area contributed by atoms with Gasteiger partial charge in [-0.25, -0.2) is 0 Å². The summed E-state index contributed by atoms with van der Waals surface area (Å²) < 4.78 is 37.3. The zero-order valence-corrected chi connectivity index (χ0v) is 8.98. The Hall–Kier alpha value is -1.25. The van der Waals surface area contributed by atoms with Gasteiger partial charge in [0.25, 0.3) is 0 Å². The van der Waals surface area contributed by atoms with Crippen molar-refractivity contribution in [2.24, 2.45) is 5.73 Å². The molecule has 0 aliphatic rings. The van der Waals surface area contributed by atoms with Gasteiger partial charge in [0.15, 0.2) is 0 Å². The van der Waals surface area contributed by atoms with Crippen LogP contribution in [0.3, 0.4) is 0 Å². The predicted octanol–water partition coefficient (Wildman–Crippen LogP) is 2.58. The zero-order valence-electron chi connectivity index (χ0n) is 8.16. The van der Waals surface area contributed by atoms with Crippen LogP contribution in [0.5, 0.6) is 0 Å². The smallest absolute Gasteiger partial charge is 0.330 e. The molecule has 2 nitrogen and oxygen atoms in total. The number of hydrogen-bond acceptors (Lipinski definition) is 2. The van der Waals surface area contributed by atoms with Gasteiger partial charge in [-0.15, -0.1) is 12.4 Å². The second-order valence-electron chi connectivity index (χ2n) is 3.06. The number of nitrogens with two attached hydrogens (primary N) is 1. The first-order chi connectivity index (χ1) is 6.99. The predicted molar refractivity (Wildman–Crippen MR) is 56.3 cm³/mol. The van der Waals surface area contributed by atoms with Gasteiger partial charge in [-0.05, 0) is 17.7 Å². The highest BCUT2D eigenvalue weighted by atomic mass is 35.5. The van der Waals surface area contributed by atoms with Crippen LogP contribution in [0.1, 0.15) is 17.0 Å². The summed E-state index contributed by atoms with van der Waals surface area (Å²) in [6, 6.07) is 7.10. The maximum atomic E-state index is 12.4. The lowest BCUT2D eigenvalue weighted by Gasteiger charge is -2.18. The van der Waals surface area contributed by atoms with Crippen molar-refractivity contribution in [3.63, 3.8) is 0 Å². The third-order valence-corrected chi connectivity index (χ3v) is 2.07. The van der Waals surface area contributed by atoms with Gasteiger partial charge in [0, 0.05) is 6.54 Å².